The molecule has 1 N–H and O–H groups in total. The lowest BCUT2D eigenvalue weighted by Gasteiger charge is -2.45. The molecule has 5 rings (SSSR count). The molecular weight excluding hydrogens is 434 g/mol. The van der Waals surface area contributed by atoms with Gasteiger partial charge in [0.15, 0.2) is 0 Å². The van der Waals surface area contributed by atoms with Crippen molar-refractivity contribution in [2.45, 2.75) is 25.6 Å². The van der Waals surface area contributed by atoms with Crippen molar-refractivity contribution in [1.82, 2.24) is 20.1 Å². The fourth-order valence-electron chi connectivity index (χ4n) is 5.35. The molecule has 0 bridgehead atoms. The number of anilines is 1. The van der Waals surface area contributed by atoms with Gasteiger partial charge in [-0.15, -0.1) is 0 Å². The zero-order valence-corrected chi connectivity index (χ0v) is 20.3. The summed E-state index contributed by atoms with van der Waals surface area (Å²) in [6.07, 6.45) is 4.08. The second-order valence-corrected chi connectivity index (χ2v) is 9.59. The molecule has 0 saturated carbocycles. The average Bonchev–Trinajstić information content (AvgIpc) is 2.94. The van der Waals surface area contributed by atoms with Gasteiger partial charge < -0.3 is 10.2 Å². The van der Waals surface area contributed by atoms with E-state index in [0.29, 0.717) is 5.92 Å². The van der Waals surface area contributed by atoms with E-state index in [1.54, 1.807) is 0 Å². The van der Waals surface area contributed by atoms with Crippen LogP contribution in [0.25, 0.3) is 0 Å². The normalized spacial score (nSPS) is 18.8. The first-order valence-electron chi connectivity index (χ1n) is 12.8. The van der Waals surface area contributed by atoms with E-state index >= 15 is 0 Å². The largest absolute Gasteiger partial charge is 0.354 e. The first-order chi connectivity index (χ1) is 17.3. The van der Waals surface area contributed by atoms with Crippen molar-refractivity contribution in [3.8, 4) is 0 Å². The Morgan fingerprint density at radius 2 is 1.49 bits per heavy atom. The fourth-order valence-corrected chi connectivity index (χ4v) is 5.35. The Morgan fingerprint density at radius 1 is 0.829 bits per heavy atom. The van der Waals surface area contributed by atoms with Crippen molar-refractivity contribution in [3.63, 3.8) is 0 Å². The maximum atomic E-state index is 13.2. The topological polar surface area (TPSA) is 51.7 Å². The van der Waals surface area contributed by atoms with E-state index < -0.39 is 0 Å². The number of likely N-dealkylation sites (tertiary alicyclic amines) is 1. The van der Waals surface area contributed by atoms with Crippen molar-refractivity contribution >= 4 is 11.7 Å². The van der Waals surface area contributed by atoms with Gasteiger partial charge >= 0.3 is 0 Å². The van der Waals surface area contributed by atoms with Gasteiger partial charge in [0.05, 0.1) is 6.17 Å². The van der Waals surface area contributed by atoms with Crippen LogP contribution < -0.4 is 10.2 Å². The minimum Gasteiger partial charge on any atom is -0.354 e. The van der Waals surface area contributed by atoms with Crippen LogP contribution in [0.1, 0.15) is 28.8 Å². The molecule has 2 aliphatic heterocycles. The van der Waals surface area contributed by atoms with Gasteiger partial charge in [0.1, 0.15) is 5.82 Å². The molecule has 6 heteroatoms. The van der Waals surface area contributed by atoms with E-state index in [-0.39, 0.29) is 12.1 Å². The third-order valence-electron chi connectivity index (χ3n) is 7.32. The smallest absolute Gasteiger partial charge is 0.252 e. The highest BCUT2D eigenvalue weighted by atomic mass is 16.1. The van der Waals surface area contributed by atoms with Crippen LogP contribution in [0.3, 0.4) is 0 Å². The Hall–Kier alpha value is -3.22. The van der Waals surface area contributed by atoms with Crippen LogP contribution in [0.4, 0.5) is 5.82 Å². The number of piperidine rings is 1. The van der Waals surface area contributed by atoms with E-state index in [1.165, 1.54) is 5.56 Å². The number of nitrogens with one attached hydrogen (secondary N) is 1. The molecule has 1 aromatic heterocycles. The third-order valence-corrected chi connectivity index (χ3v) is 7.32. The summed E-state index contributed by atoms with van der Waals surface area (Å²) < 4.78 is 0. The SMILES string of the molecule is O=C(NC(C1CCN(Cc2ccccc2)CC1)N1CCN(c2ccccn2)CC1)c1ccccc1. The van der Waals surface area contributed by atoms with Crippen molar-refractivity contribution in [3.05, 3.63) is 96.2 Å². The lowest BCUT2D eigenvalue weighted by atomic mass is 9.91. The highest BCUT2D eigenvalue weighted by Gasteiger charge is 2.34. The van der Waals surface area contributed by atoms with Gasteiger partial charge in [-0.3, -0.25) is 14.6 Å². The molecule has 1 amide bonds. The molecule has 0 radical (unpaired) electrons. The van der Waals surface area contributed by atoms with Gasteiger partial charge in [-0.2, -0.15) is 0 Å². The highest BCUT2D eigenvalue weighted by Crippen LogP contribution is 2.26. The van der Waals surface area contributed by atoms with Crippen LogP contribution in [0.2, 0.25) is 0 Å². The average molecular weight is 470 g/mol. The van der Waals surface area contributed by atoms with Crippen LogP contribution >= 0.6 is 0 Å². The van der Waals surface area contributed by atoms with Crippen molar-refractivity contribution in [2.75, 3.05) is 44.2 Å². The zero-order chi connectivity index (χ0) is 23.9. The quantitative estimate of drug-likeness (QED) is 0.569. The second kappa shape index (κ2) is 11.5. The van der Waals surface area contributed by atoms with Gasteiger partial charge in [-0.25, -0.2) is 4.98 Å². The van der Waals surface area contributed by atoms with E-state index in [2.05, 4.69) is 61.4 Å². The Bertz CT molecular complexity index is 1050. The molecule has 6 nitrogen and oxygen atoms in total. The molecule has 2 fully saturated rings. The van der Waals surface area contributed by atoms with Crippen molar-refractivity contribution in [1.29, 1.82) is 0 Å². The first kappa shape index (κ1) is 23.5. The summed E-state index contributed by atoms with van der Waals surface area (Å²) in [5, 5.41) is 3.43. The molecule has 182 valence electrons. The van der Waals surface area contributed by atoms with Crippen LogP contribution in [0.5, 0.6) is 0 Å². The number of hydrogen-bond donors (Lipinski definition) is 1. The predicted octanol–water partition coefficient (Wildman–Crippen LogP) is 3.87. The summed E-state index contributed by atoms with van der Waals surface area (Å²) >= 11 is 0. The molecule has 2 aromatic carbocycles. The number of piperazine rings is 1. The number of hydrogen-bond acceptors (Lipinski definition) is 5. The highest BCUT2D eigenvalue weighted by molar-refractivity contribution is 5.94. The monoisotopic (exact) mass is 469 g/mol. The third kappa shape index (κ3) is 6.08. The number of carbonyl (C=O) groups is 1. The van der Waals surface area contributed by atoms with Crippen molar-refractivity contribution in [2.24, 2.45) is 5.92 Å². The number of rotatable bonds is 7. The minimum absolute atomic E-state index is 0.0227. The summed E-state index contributed by atoms with van der Waals surface area (Å²) in [5.74, 6) is 1.50. The summed E-state index contributed by atoms with van der Waals surface area (Å²) in [6.45, 7) is 6.79. The molecule has 3 aromatic rings. The second-order valence-electron chi connectivity index (χ2n) is 9.59. The zero-order valence-electron chi connectivity index (χ0n) is 20.3. The van der Waals surface area contributed by atoms with E-state index in [4.69, 9.17) is 0 Å². The summed E-state index contributed by atoms with van der Waals surface area (Å²) in [6, 6.07) is 26.4. The van der Waals surface area contributed by atoms with Crippen LogP contribution in [-0.4, -0.2) is 66.1 Å². The molecule has 2 aliphatic rings. The number of aromatic nitrogens is 1. The first-order valence-corrected chi connectivity index (χ1v) is 12.8. The number of benzene rings is 2. The lowest BCUT2D eigenvalue weighted by Crippen LogP contribution is -2.59. The van der Waals surface area contributed by atoms with Gasteiger partial charge in [0, 0.05) is 44.5 Å². The van der Waals surface area contributed by atoms with Crippen LogP contribution in [0, 0.1) is 5.92 Å². The van der Waals surface area contributed by atoms with Gasteiger partial charge in [0.2, 0.25) is 0 Å². The number of pyridine rings is 1. The van der Waals surface area contributed by atoms with Gasteiger partial charge in [0.25, 0.3) is 5.91 Å². The molecule has 35 heavy (non-hydrogen) atoms. The lowest BCUT2D eigenvalue weighted by molar-refractivity contribution is 0.0514. The van der Waals surface area contributed by atoms with E-state index in [9.17, 15) is 4.79 Å². The van der Waals surface area contributed by atoms with Crippen LogP contribution in [-0.2, 0) is 6.54 Å². The van der Waals surface area contributed by atoms with Crippen molar-refractivity contribution < 1.29 is 4.79 Å². The number of nitrogens with zero attached hydrogens (tertiary/aromatic N) is 4. The Kier molecular flexibility index (Phi) is 7.71. The summed E-state index contributed by atoms with van der Waals surface area (Å²) in [7, 11) is 0. The predicted molar refractivity (Wildman–Crippen MR) is 140 cm³/mol. The molecular formula is C29H35N5O. The van der Waals surface area contributed by atoms with Crippen LogP contribution in [0.15, 0.2) is 85.1 Å². The van der Waals surface area contributed by atoms with E-state index in [1.807, 2.05) is 48.7 Å². The van der Waals surface area contributed by atoms with Gasteiger partial charge in [-0.05, 0) is 61.7 Å². The molecule has 1 atom stereocenters. The maximum Gasteiger partial charge on any atom is 0.252 e. The Balaban J connectivity index is 1.24. The molecule has 1 unspecified atom stereocenters. The molecule has 0 aliphatic carbocycles. The molecule has 2 saturated heterocycles. The van der Waals surface area contributed by atoms with Gasteiger partial charge in [-0.1, -0.05) is 54.6 Å². The summed E-state index contributed by atoms with van der Waals surface area (Å²) in [5.41, 5.74) is 2.09. The number of amides is 1. The minimum atomic E-state index is 0.0227. The van der Waals surface area contributed by atoms with E-state index in [0.717, 1.165) is 70.0 Å². The molecule has 3 heterocycles. The standard InChI is InChI=1S/C29H35N5O/c35-29(26-11-5-2-6-12-26)31-28(34-21-19-33(20-22-34)27-13-7-8-16-30-27)25-14-17-32(18-15-25)23-24-9-3-1-4-10-24/h1-13,16,25,28H,14-15,17-23H2,(H,31,35). The number of carbonyl (C=O) groups excluding carboxylic acids is 1. The Labute approximate surface area is 208 Å². The maximum absolute atomic E-state index is 13.2. The summed E-state index contributed by atoms with van der Waals surface area (Å²) in [4.78, 5) is 25.1. The fraction of sp³-hybridized carbons (Fsp3) is 0.379. The Morgan fingerprint density at radius 3 is 2.14 bits per heavy atom. The molecule has 0 spiro atoms.